The molecule has 0 saturated carbocycles. The van der Waals surface area contributed by atoms with Crippen LogP contribution in [-0.2, 0) is 11.1 Å². The van der Waals surface area contributed by atoms with Crippen molar-refractivity contribution in [1.82, 2.24) is 0 Å². The van der Waals surface area contributed by atoms with Crippen molar-refractivity contribution >= 4 is 11.1 Å². The van der Waals surface area contributed by atoms with Crippen molar-refractivity contribution in [2.45, 2.75) is 12.3 Å². The molecule has 0 fully saturated rings. The highest BCUT2D eigenvalue weighted by atomic mass is 32.2. The van der Waals surface area contributed by atoms with Gasteiger partial charge < -0.3 is 4.55 Å². The first kappa shape index (κ1) is 7.51. The van der Waals surface area contributed by atoms with E-state index in [1.54, 1.807) is 0 Å². The third-order valence-corrected chi connectivity index (χ3v) is 1.34. The smallest absolute Gasteiger partial charge is 0.301 e. The van der Waals surface area contributed by atoms with Crippen molar-refractivity contribution in [1.29, 1.82) is 0 Å². The maximum atomic E-state index is 9.81. The monoisotopic (exact) mass is 139 g/mol. The molecule has 0 amide bonds. The molecule has 0 heterocycles. The molecule has 0 radical (unpaired) electrons. The second-order valence-electron chi connectivity index (χ2n) is 1.16. The summed E-state index contributed by atoms with van der Waals surface area (Å²) < 4.78 is 17.8. The van der Waals surface area contributed by atoms with Crippen molar-refractivity contribution in [3.63, 3.8) is 0 Å². The first-order chi connectivity index (χ1) is 3.55. The van der Waals surface area contributed by atoms with Gasteiger partial charge in [-0.2, -0.15) is 0 Å². The van der Waals surface area contributed by atoms with E-state index < -0.39 is 21.4 Å². The zero-order valence-corrected chi connectivity index (χ0v) is 4.92. The fourth-order valence-corrected chi connectivity index (χ4v) is 0.221. The summed E-state index contributed by atoms with van der Waals surface area (Å²) >= 11 is -2.34. The van der Waals surface area contributed by atoms with E-state index in [0.717, 1.165) is 6.92 Å². The van der Waals surface area contributed by atoms with Crippen LogP contribution in [0.2, 0.25) is 0 Å². The highest BCUT2D eigenvalue weighted by Crippen LogP contribution is 1.90. The lowest BCUT2D eigenvalue weighted by Crippen LogP contribution is -2.19. The molecule has 0 saturated heterocycles. The van der Waals surface area contributed by atoms with Crippen molar-refractivity contribution in [3.05, 3.63) is 10.1 Å². The van der Waals surface area contributed by atoms with E-state index in [4.69, 9.17) is 4.55 Å². The minimum absolute atomic E-state index is 0.809. The minimum atomic E-state index is -2.34. The SMILES string of the molecule is C[C@H]([N+](=O)[O-])S(=O)O. The Kier molecular flexibility index (Phi) is 2.56. The Morgan fingerprint density at radius 2 is 2.25 bits per heavy atom. The van der Waals surface area contributed by atoms with E-state index >= 15 is 0 Å². The first-order valence-corrected chi connectivity index (χ1v) is 2.96. The lowest BCUT2D eigenvalue weighted by atomic mass is 10.8. The van der Waals surface area contributed by atoms with E-state index in [-0.39, 0.29) is 0 Å². The Hall–Kier alpha value is -0.490. The number of hydrogen-bond acceptors (Lipinski definition) is 3. The zero-order chi connectivity index (χ0) is 6.73. The van der Waals surface area contributed by atoms with Gasteiger partial charge in [-0.05, 0) is 0 Å². The van der Waals surface area contributed by atoms with Gasteiger partial charge in [0.1, 0.15) is 0 Å². The molecule has 0 bridgehead atoms. The zero-order valence-electron chi connectivity index (χ0n) is 4.10. The largest absolute Gasteiger partial charge is 0.307 e. The first-order valence-electron chi connectivity index (χ1n) is 1.79. The Balaban J connectivity index is 3.83. The highest BCUT2D eigenvalue weighted by Gasteiger charge is 2.18. The maximum Gasteiger partial charge on any atom is 0.307 e. The summed E-state index contributed by atoms with van der Waals surface area (Å²) in [5.41, 5.74) is 0. The van der Waals surface area contributed by atoms with Gasteiger partial charge in [-0.15, -0.1) is 0 Å². The van der Waals surface area contributed by atoms with Gasteiger partial charge in [0.05, 0.1) is 0 Å². The standard InChI is InChI=1S/C2H5NO4S/c1-2(3(4)5)8(6)7/h2H,1H3,(H,6,7)/t2-/m1/s1. The van der Waals surface area contributed by atoms with E-state index in [1.165, 1.54) is 0 Å². The Morgan fingerprint density at radius 3 is 2.25 bits per heavy atom. The molecule has 0 aliphatic heterocycles. The molecule has 0 aromatic rings. The van der Waals surface area contributed by atoms with Crippen LogP contribution in [0.3, 0.4) is 0 Å². The predicted molar refractivity (Wildman–Crippen MR) is 27.2 cm³/mol. The van der Waals surface area contributed by atoms with Crippen LogP contribution in [0.4, 0.5) is 0 Å². The second kappa shape index (κ2) is 2.73. The number of nitro groups is 1. The van der Waals surface area contributed by atoms with Crippen molar-refractivity contribution in [3.8, 4) is 0 Å². The fraction of sp³-hybridized carbons (Fsp3) is 1.00. The second-order valence-corrected chi connectivity index (χ2v) is 2.40. The molecule has 8 heavy (non-hydrogen) atoms. The van der Waals surface area contributed by atoms with Crippen molar-refractivity contribution in [2.75, 3.05) is 0 Å². The van der Waals surface area contributed by atoms with Crippen LogP contribution in [0.25, 0.3) is 0 Å². The van der Waals surface area contributed by atoms with Gasteiger partial charge >= 0.3 is 5.37 Å². The molecule has 5 nitrogen and oxygen atoms in total. The Labute approximate surface area is 48.1 Å². The highest BCUT2D eigenvalue weighted by molar-refractivity contribution is 7.79. The number of nitrogens with zero attached hydrogens (tertiary/aromatic N) is 1. The van der Waals surface area contributed by atoms with E-state index in [2.05, 4.69) is 0 Å². The van der Waals surface area contributed by atoms with E-state index in [9.17, 15) is 14.3 Å². The van der Waals surface area contributed by atoms with Crippen LogP contribution >= 0.6 is 0 Å². The quantitative estimate of drug-likeness (QED) is 0.327. The molecular formula is C2H5NO4S. The average molecular weight is 139 g/mol. The molecule has 0 aromatic heterocycles. The number of hydrogen-bond donors (Lipinski definition) is 1. The van der Waals surface area contributed by atoms with Gasteiger partial charge in [0.2, 0.25) is 11.1 Å². The van der Waals surface area contributed by atoms with Crippen LogP contribution in [0.1, 0.15) is 6.92 Å². The van der Waals surface area contributed by atoms with Crippen LogP contribution in [0, 0.1) is 10.1 Å². The van der Waals surface area contributed by atoms with Crippen LogP contribution in [0.5, 0.6) is 0 Å². The molecular weight excluding hydrogens is 134 g/mol. The minimum Gasteiger partial charge on any atom is -0.301 e. The summed E-state index contributed by atoms with van der Waals surface area (Å²) in [5, 5.41) is 8.21. The molecule has 0 aliphatic rings. The summed E-state index contributed by atoms with van der Waals surface area (Å²) in [7, 11) is 0. The van der Waals surface area contributed by atoms with Gasteiger partial charge in [0.25, 0.3) is 0 Å². The Morgan fingerprint density at radius 1 is 1.88 bits per heavy atom. The number of rotatable bonds is 2. The molecule has 6 heteroatoms. The van der Waals surface area contributed by atoms with Crippen molar-refractivity contribution in [2.24, 2.45) is 0 Å². The molecule has 2 atom stereocenters. The summed E-state index contributed by atoms with van der Waals surface area (Å²) in [6.07, 6.45) is 0. The third-order valence-electron chi connectivity index (χ3n) is 0.589. The predicted octanol–water partition coefficient (Wildman–Crippen LogP) is -0.169. The van der Waals surface area contributed by atoms with Gasteiger partial charge in [-0.25, -0.2) is 4.21 Å². The van der Waals surface area contributed by atoms with E-state index in [0.29, 0.717) is 0 Å². The maximum absolute atomic E-state index is 9.81. The third kappa shape index (κ3) is 1.99. The molecule has 0 aromatic carbocycles. The topological polar surface area (TPSA) is 80.4 Å². The van der Waals surface area contributed by atoms with Gasteiger partial charge in [0.15, 0.2) is 0 Å². The van der Waals surface area contributed by atoms with Crippen molar-refractivity contribution < 1.29 is 13.7 Å². The Bertz CT molecular complexity index is 109. The molecule has 0 spiro atoms. The summed E-state index contributed by atoms with van der Waals surface area (Å²) in [5.74, 6) is 0. The summed E-state index contributed by atoms with van der Waals surface area (Å²) in [6.45, 7) is 1.07. The molecule has 0 aliphatic carbocycles. The van der Waals surface area contributed by atoms with Crippen LogP contribution in [-0.4, -0.2) is 19.1 Å². The van der Waals surface area contributed by atoms with Crippen LogP contribution < -0.4 is 0 Å². The van der Waals surface area contributed by atoms with Gasteiger partial charge in [0, 0.05) is 11.8 Å². The molecule has 0 rings (SSSR count). The molecule has 1 N–H and O–H groups in total. The van der Waals surface area contributed by atoms with E-state index in [1.807, 2.05) is 0 Å². The average Bonchev–Trinajstić information content (AvgIpc) is 1.64. The van der Waals surface area contributed by atoms with Crippen LogP contribution in [0.15, 0.2) is 0 Å². The summed E-state index contributed by atoms with van der Waals surface area (Å²) in [6, 6.07) is 0. The van der Waals surface area contributed by atoms with Gasteiger partial charge in [-0.3, -0.25) is 10.1 Å². The summed E-state index contributed by atoms with van der Waals surface area (Å²) in [4.78, 5) is 8.78. The molecule has 1 unspecified atom stereocenters. The van der Waals surface area contributed by atoms with Gasteiger partial charge in [-0.1, -0.05) is 0 Å². The lowest BCUT2D eigenvalue weighted by molar-refractivity contribution is -0.493. The normalized spacial score (nSPS) is 17.2. The molecule has 48 valence electrons. The fourth-order valence-electron chi connectivity index (χ4n) is 0.0736. The lowest BCUT2D eigenvalue weighted by Gasteiger charge is -1.93.